The lowest BCUT2D eigenvalue weighted by atomic mass is 10.1. The van der Waals surface area contributed by atoms with E-state index in [2.05, 4.69) is 21.9 Å². The second-order valence-corrected chi connectivity index (χ2v) is 7.52. The van der Waals surface area contributed by atoms with Crippen LogP contribution in [0.5, 0.6) is 0 Å². The molecule has 1 saturated heterocycles. The molecule has 0 saturated carbocycles. The Labute approximate surface area is 193 Å². The number of carbonyl (C=O) groups is 3. The topological polar surface area (TPSA) is 130 Å². The van der Waals surface area contributed by atoms with Gasteiger partial charge in [-0.2, -0.15) is 0 Å². The number of nitrogens with zero attached hydrogens (tertiary/aromatic N) is 5. The minimum absolute atomic E-state index is 0.0102. The van der Waals surface area contributed by atoms with Gasteiger partial charge in [0.05, 0.1) is 28.5 Å². The van der Waals surface area contributed by atoms with Crippen molar-refractivity contribution in [1.29, 1.82) is 0 Å². The zero-order valence-electron chi connectivity index (χ0n) is 18.1. The lowest BCUT2D eigenvalue weighted by Gasteiger charge is -2.34. The molecule has 3 heterocycles. The van der Waals surface area contributed by atoms with Crippen molar-refractivity contribution in [1.82, 2.24) is 29.8 Å². The fourth-order valence-electron chi connectivity index (χ4n) is 3.74. The van der Waals surface area contributed by atoms with E-state index in [-0.39, 0.29) is 54.0 Å². The molecule has 1 aliphatic heterocycles. The molecule has 0 aliphatic carbocycles. The van der Waals surface area contributed by atoms with E-state index in [1.807, 2.05) is 6.07 Å². The van der Waals surface area contributed by atoms with Crippen LogP contribution >= 0.6 is 0 Å². The first kappa shape index (κ1) is 22.6. The van der Waals surface area contributed by atoms with Crippen molar-refractivity contribution >= 4 is 29.2 Å². The molecule has 0 radical (unpaired) electrons. The van der Waals surface area contributed by atoms with Gasteiger partial charge in [-0.05, 0) is 18.2 Å². The molecule has 0 bridgehead atoms. The summed E-state index contributed by atoms with van der Waals surface area (Å²) in [4.78, 5) is 44.4. The maximum Gasteiger partial charge on any atom is 0.295 e. The number of halogens is 1. The Morgan fingerprint density at radius 3 is 2.38 bits per heavy atom. The molecular weight excluding hydrogens is 441 g/mol. The number of nitrogens with one attached hydrogen (secondary N) is 1. The maximum atomic E-state index is 14.7. The number of ketones is 1. The second kappa shape index (κ2) is 9.53. The lowest BCUT2D eigenvalue weighted by Crippen LogP contribution is -2.52. The zero-order valence-corrected chi connectivity index (χ0v) is 18.1. The van der Waals surface area contributed by atoms with Gasteiger partial charge in [0.25, 0.3) is 17.6 Å². The van der Waals surface area contributed by atoms with Crippen molar-refractivity contribution < 1.29 is 18.8 Å². The molecule has 11 heteroatoms. The summed E-state index contributed by atoms with van der Waals surface area (Å²) in [6.07, 6.45) is 5.00. The average molecular weight is 463 g/mol. The molecule has 0 unspecified atom stereocenters. The van der Waals surface area contributed by atoms with Crippen LogP contribution in [0.25, 0.3) is 11.6 Å². The number of nitrogens with two attached hydrogens (primary N) is 1. The third kappa shape index (κ3) is 4.22. The van der Waals surface area contributed by atoms with Gasteiger partial charge in [-0.15, -0.1) is 5.10 Å². The molecule has 3 N–H and O–H groups in total. The summed E-state index contributed by atoms with van der Waals surface area (Å²) in [7, 11) is 0. The third-order valence-electron chi connectivity index (χ3n) is 5.54. The summed E-state index contributed by atoms with van der Waals surface area (Å²) in [6.45, 7) is 4.32. The zero-order chi connectivity index (χ0) is 24.2. The van der Waals surface area contributed by atoms with Crippen LogP contribution in [-0.2, 0) is 4.79 Å². The van der Waals surface area contributed by atoms with E-state index in [1.54, 1.807) is 29.2 Å². The van der Waals surface area contributed by atoms with Crippen LogP contribution in [0.3, 0.4) is 0 Å². The second-order valence-electron chi connectivity index (χ2n) is 7.52. The maximum absolute atomic E-state index is 14.7. The molecule has 0 atom stereocenters. The highest BCUT2D eigenvalue weighted by Gasteiger charge is 2.30. The minimum atomic E-state index is -0.899. The Morgan fingerprint density at radius 1 is 1.09 bits per heavy atom. The van der Waals surface area contributed by atoms with Crippen molar-refractivity contribution in [3.63, 3.8) is 0 Å². The first-order chi connectivity index (χ1) is 16.4. The van der Waals surface area contributed by atoms with Crippen LogP contribution in [0.15, 0.2) is 61.6 Å². The molecule has 0 spiro atoms. The van der Waals surface area contributed by atoms with E-state index in [9.17, 15) is 18.8 Å². The SMILES string of the molecule is C=C/C(F)=c1/c(C(=O)C(=O)N2CCN(C(=O)c3ccccc3)CC2)c[nH]/c1=C(/N)n1ccnn1. The molecule has 34 heavy (non-hydrogen) atoms. The molecule has 2 amide bonds. The average Bonchev–Trinajstić information content (AvgIpc) is 3.58. The van der Waals surface area contributed by atoms with Crippen LogP contribution < -0.4 is 16.3 Å². The number of benzene rings is 1. The van der Waals surface area contributed by atoms with Gasteiger partial charge in [0.1, 0.15) is 5.83 Å². The van der Waals surface area contributed by atoms with Gasteiger partial charge in [-0.1, -0.05) is 30.0 Å². The Balaban J connectivity index is 1.56. The molecule has 1 aliphatic rings. The smallest absolute Gasteiger partial charge is 0.295 e. The van der Waals surface area contributed by atoms with Crippen LogP contribution in [0.4, 0.5) is 4.39 Å². The highest BCUT2D eigenvalue weighted by molar-refractivity contribution is 6.42. The number of rotatable bonds is 5. The molecule has 174 valence electrons. The van der Waals surface area contributed by atoms with E-state index in [0.29, 0.717) is 5.56 Å². The van der Waals surface area contributed by atoms with Crippen molar-refractivity contribution in [2.24, 2.45) is 5.73 Å². The van der Waals surface area contributed by atoms with Gasteiger partial charge < -0.3 is 20.5 Å². The van der Waals surface area contributed by atoms with Gasteiger partial charge in [0.15, 0.2) is 5.82 Å². The summed E-state index contributed by atoms with van der Waals surface area (Å²) < 4.78 is 15.9. The number of hydrogen-bond donors (Lipinski definition) is 2. The van der Waals surface area contributed by atoms with Gasteiger partial charge in [0, 0.05) is 37.9 Å². The Bertz CT molecular complexity index is 1360. The van der Waals surface area contributed by atoms with E-state index in [1.165, 1.54) is 28.2 Å². The summed E-state index contributed by atoms with van der Waals surface area (Å²) in [6, 6.07) is 8.83. The van der Waals surface area contributed by atoms with Crippen LogP contribution in [0.1, 0.15) is 20.7 Å². The number of aromatic nitrogens is 4. The number of H-pyrrole nitrogens is 1. The number of amides is 2. The molecule has 1 fully saturated rings. The molecule has 4 rings (SSSR count). The van der Waals surface area contributed by atoms with Gasteiger partial charge in [-0.25, -0.2) is 9.07 Å². The molecule has 2 aromatic heterocycles. The number of Topliss-reactive ketones (excluding diaryl/α,β-unsaturated/α-hetero) is 1. The molecular formula is C23H22FN7O3. The van der Waals surface area contributed by atoms with Gasteiger partial charge >= 0.3 is 0 Å². The van der Waals surface area contributed by atoms with E-state index in [0.717, 1.165) is 6.08 Å². The largest absolute Gasteiger partial charge is 0.382 e. The van der Waals surface area contributed by atoms with E-state index >= 15 is 0 Å². The van der Waals surface area contributed by atoms with E-state index < -0.39 is 17.5 Å². The van der Waals surface area contributed by atoms with Crippen molar-refractivity contribution in [3.05, 3.63) is 83.3 Å². The van der Waals surface area contributed by atoms with Crippen molar-refractivity contribution in [3.8, 4) is 0 Å². The Morgan fingerprint density at radius 2 is 1.76 bits per heavy atom. The fraction of sp³-hybridized carbons (Fsp3) is 0.174. The Kier molecular flexibility index (Phi) is 6.35. The van der Waals surface area contributed by atoms with Gasteiger partial charge in [0.2, 0.25) is 0 Å². The molecule has 1 aromatic carbocycles. The highest BCUT2D eigenvalue weighted by atomic mass is 19.1. The monoisotopic (exact) mass is 463 g/mol. The normalized spacial score (nSPS) is 15.6. The predicted octanol–water partition coefficient (Wildman–Crippen LogP) is -0.390. The van der Waals surface area contributed by atoms with Crippen LogP contribution in [0.2, 0.25) is 0 Å². The standard InChI is InChI=1S/C23H22FN7O3/c1-2-17(24)18-16(14-26-19(18)21(25)31-9-8-27-28-31)20(32)23(34)30-12-10-29(11-13-30)22(33)15-6-4-3-5-7-15/h2-9,14,26H,1,10-13,25H2/b18-17+,21-19-. The summed E-state index contributed by atoms with van der Waals surface area (Å²) in [5, 5.41) is 7.30. The number of hydrogen-bond acceptors (Lipinski definition) is 6. The Hall–Kier alpha value is -4.54. The van der Waals surface area contributed by atoms with Crippen molar-refractivity contribution in [2.45, 2.75) is 0 Å². The number of aromatic amines is 1. The predicted molar refractivity (Wildman–Crippen MR) is 121 cm³/mol. The first-order valence-electron chi connectivity index (χ1n) is 10.5. The molecule has 10 nitrogen and oxygen atoms in total. The number of allylic oxidation sites excluding steroid dienone is 1. The summed E-state index contributed by atoms with van der Waals surface area (Å²) in [5.74, 6) is -2.67. The summed E-state index contributed by atoms with van der Waals surface area (Å²) in [5.41, 5.74) is 6.44. The minimum Gasteiger partial charge on any atom is -0.382 e. The molecule has 3 aromatic rings. The first-order valence-corrected chi connectivity index (χ1v) is 10.5. The lowest BCUT2D eigenvalue weighted by molar-refractivity contribution is -0.127. The van der Waals surface area contributed by atoms with E-state index in [4.69, 9.17) is 5.73 Å². The van der Waals surface area contributed by atoms with Crippen molar-refractivity contribution in [2.75, 3.05) is 26.2 Å². The van der Waals surface area contributed by atoms with Crippen LogP contribution in [-0.4, -0.2) is 73.6 Å². The fourth-order valence-corrected chi connectivity index (χ4v) is 3.74. The van der Waals surface area contributed by atoms with Gasteiger partial charge in [-0.3, -0.25) is 14.4 Å². The quantitative estimate of drug-likeness (QED) is 0.392. The van der Waals surface area contributed by atoms with Crippen LogP contribution in [0, 0.1) is 0 Å². The highest BCUT2D eigenvalue weighted by Crippen LogP contribution is 2.10. The third-order valence-corrected chi connectivity index (χ3v) is 5.54. The summed E-state index contributed by atoms with van der Waals surface area (Å²) >= 11 is 0. The number of carbonyl (C=O) groups excluding carboxylic acids is 3. The number of piperazine rings is 1.